The van der Waals surface area contributed by atoms with Gasteiger partial charge in [0.15, 0.2) is 0 Å². The van der Waals surface area contributed by atoms with Crippen molar-refractivity contribution in [2.75, 3.05) is 36.8 Å². The van der Waals surface area contributed by atoms with Crippen molar-refractivity contribution in [3.05, 3.63) is 59.7 Å². The van der Waals surface area contributed by atoms with E-state index in [-0.39, 0.29) is 24.8 Å². The summed E-state index contributed by atoms with van der Waals surface area (Å²) < 4.78 is 0. The van der Waals surface area contributed by atoms with Crippen molar-refractivity contribution in [3.8, 4) is 0 Å². The van der Waals surface area contributed by atoms with Gasteiger partial charge in [-0.2, -0.15) is 0 Å². The first-order chi connectivity index (χ1) is 10.2. The molecule has 2 aromatic rings. The molecule has 0 bridgehead atoms. The summed E-state index contributed by atoms with van der Waals surface area (Å²) in [5.74, 6) is 0. The van der Waals surface area contributed by atoms with Gasteiger partial charge in [-0.1, -0.05) is 24.3 Å². The number of nitrogen functional groups attached to an aromatic ring is 1. The first-order valence-corrected chi connectivity index (χ1v) is 7.59. The van der Waals surface area contributed by atoms with E-state index in [9.17, 15) is 0 Å². The summed E-state index contributed by atoms with van der Waals surface area (Å²) in [5.41, 5.74) is 10.7. The molecular formula is C18H25Cl2N3. The van der Waals surface area contributed by atoms with Crippen LogP contribution in [0.2, 0.25) is 0 Å². The lowest BCUT2D eigenvalue weighted by molar-refractivity contribution is 0.250. The van der Waals surface area contributed by atoms with Crippen LogP contribution in [0.1, 0.15) is 11.1 Å². The highest BCUT2D eigenvalue weighted by molar-refractivity contribution is 5.85. The molecule has 0 radical (unpaired) electrons. The number of nitrogens with zero attached hydrogens (tertiary/aromatic N) is 2. The molecule has 1 fully saturated rings. The third-order valence-electron chi connectivity index (χ3n) is 4.10. The maximum Gasteiger partial charge on any atom is 0.0369 e. The average Bonchev–Trinajstić information content (AvgIpc) is 2.48. The summed E-state index contributed by atoms with van der Waals surface area (Å²) >= 11 is 0. The van der Waals surface area contributed by atoms with Crippen LogP contribution in [0.3, 0.4) is 0 Å². The summed E-state index contributed by atoms with van der Waals surface area (Å²) in [7, 11) is 0. The molecular weight excluding hydrogens is 329 g/mol. The van der Waals surface area contributed by atoms with E-state index in [1.165, 1.54) is 16.8 Å². The van der Waals surface area contributed by atoms with E-state index in [1.54, 1.807) is 0 Å². The zero-order valence-corrected chi connectivity index (χ0v) is 15.1. The molecule has 0 aliphatic carbocycles. The maximum atomic E-state index is 5.85. The van der Waals surface area contributed by atoms with Crippen LogP contribution in [0.25, 0.3) is 0 Å². The van der Waals surface area contributed by atoms with Crippen LogP contribution in [0.4, 0.5) is 11.4 Å². The van der Waals surface area contributed by atoms with Crippen LogP contribution in [-0.4, -0.2) is 31.1 Å². The summed E-state index contributed by atoms with van der Waals surface area (Å²) in [5, 5.41) is 0. The Bertz CT molecular complexity index is 611. The molecule has 1 aliphatic heterocycles. The van der Waals surface area contributed by atoms with Crippen molar-refractivity contribution >= 4 is 36.2 Å². The molecule has 3 rings (SSSR count). The molecule has 2 N–H and O–H groups in total. The largest absolute Gasteiger partial charge is 0.399 e. The zero-order valence-electron chi connectivity index (χ0n) is 13.4. The highest BCUT2D eigenvalue weighted by Crippen LogP contribution is 2.19. The van der Waals surface area contributed by atoms with Crippen molar-refractivity contribution in [1.82, 2.24) is 4.90 Å². The number of anilines is 2. The third kappa shape index (κ3) is 5.31. The van der Waals surface area contributed by atoms with Gasteiger partial charge in [-0.25, -0.2) is 0 Å². The Labute approximate surface area is 151 Å². The third-order valence-corrected chi connectivity index (χ3v) is 4.10. The lowest BCUT2D eigenvalue weighted by atomic mass is 10.1. The van der Waals surface area contributed by atoms with E-state index in [0.29, 0.717) is 0 Å². The first-order valence-electron chi connectivity index (χ1n) is 7.59. The van der Waals surface area contributed by atoms with Gasteiger partial charge in [0, 0.05) is 44.1 Å². The molecule has 1 heterocycles. The average molecular weight is 354 g/mol. The molecule has 1 saturated heterocycles. The number of rotatable bonds is 3. The van der Waals surface area contributed by atoms with Crippen LogP contribution in [0, 0.1) is 6.92 Å². The van der Waals surface area contributed by atoms with Gasteiger partial charge in [-0.3, -0.25) is 4.90 Å². The number of aryl methyl sites for hydroxylation is 1. The second-order valence-corrected chi connectivity index (χ2v) is 5.85. The van der Waals surface area contributed by atoms with Crippen molar-refractivity contribution in [2.45, 2.75) is 13.5 Å². The zero-order chi connectivity index (χ0) is 14.7. The second-order valence-electron chi connectivity index (χ2n) is 5.85. The highest BCUT2D eigenvalue weighted by atomic mass is 35.5. The molecule has 0 aromatic heterocycles. The minimum atomic E-state index is 0. The van der Waals surface area contributed by atoms with Gasteiger partial charge < -0.3 is 10.6 Å². The van der Waals surface area contributed by atoms with Gasteiger partial charge in [0.25, 0.3) is 0 Å². The molecule has 0 amide bonds. The molecule has 126 valence electrons. The monoisotopic (exact) mass is 353 g/mol. The van der Waals surface area contributed by atoms with E-state index in [1.807, 2.05) is 12.1 Å². The number of nitrogens with two attached hydrogens (primary N) is 1. The SMILES string of the molecule is Cc1cccc(N2CCN(Cc3cccc(N)c3)CC2)c1.Cl.Cl. The summed E-state index contributed by atoms with van der Waals surface area (Å²) in [4.78, 5) is 4.98. The van der Waals surface area contributed by atoms with Crippen LogP contribution >= 0.6 is 24.8 Å². The van der Waals surface area contributed by atoms with E-state index in [4.69, 9.17) is 5.73 Å². The minimum Gasteiger partial charge on any atom is -0.399 e. The molecule has 3 nitrogen and oxygen atoms in total. The Morgan fingerprint density at radius 1 is 0.913 bits per heavy atom. The molecule has 0 atom stereocenters. The van der Waals surface area contributed by atoms with Gasteiger partial charge in [0.05, 0.1) is 0 Å². The number of hydrogen-bond donors (Lipinski definition) is 1. The Balaban J connectivity index is 0.00000132. The second kappa shape index (κ2) is 9.02. The van der Waals surface area contributed by atoms with Crippen LogP contribution in [0.5, 0.6) is 0 Å². The van der Waals surface area contributed by atoms with E-state index in [2.05, 4.69) is 53.1 Å². The number of benzene rings is 2. The Hall–Kier alpha value is -1.42. The lowest BCUT2D eigenvalue weighted by Crippen LogP contribution is -2.45. The van der Waals surface area contributed by atoms with Gasteiger partial charge in [0.1, 0.15) is 0 Å². The highest BCUT2D eigenvalue weighted by Gasteiger charge is 2.17. The van der Waals surface area contributed by atoms with Crippen molar-refractivity contribution in [1.29, 1.82) is 0 Å². The summed E-state index contributed by atoms with van der Waals surface area (Å²) in [6.45, 7) is 7.52. The molecule has 1 aliphatic rings. The normalized spacial score (nSPS) is 14.7. The Morgan fingerprint density at radius 3 is 2.26 bits per heavy atom. The van der Waals surface area contributed by atoms with E-state index < -0.39 is 0 Å². The number of hydrogen-bond acceptors (Lipinski definition) is 3. The lowest BCUT2D eigenvalue weighted by Gasteiger charge is -2.36. The van der Waals surface area contributed by atoms with Gasteiger partial charge in [-0.05, 0) is 42.3 Å². The van der Waals surface area contributed by atoms with Gasteiger partial charge in [-0.15, -0.1) is 24.8 Å². The van der Waals surface area contributed by atoms with Gasteiger partial charge >= 0.3 is 0 Å². The Morgan fingerprint density at radius 2 is 1.61 bits per heavy atom. The fraction of sp³-hybridized carbons (Fsp3) is 0.333. The van der Waals surface area contributed by atoms with E-state index >= 15 is 0 Å². The molecule has 2 aromatic carbocycles. The topological polar surface area (TPSA) is 32.5 Å². The quantitative estimate of drug-likeness (QED) is 0.853. The van der Waals surface area contributed by atoms with E-state index in [0.717, 1.165) is 38.4 Å². The van der Waals surface area contributed by atoms with Crippen molar-refractivity contribution in [2.24, 2.45) is 0 Å². The minimum absolute atomic E-state index is 0. The Kier molecular flexibility index (Phi) is 7.69. The number of piperazine rings is 1. The fourth-order valence-electron chi connectivity index (χ4n) is 2.94. The van der Waals surface area contributed by atoms with Crippen LogP contribution in [0.15, 0.2) is 48.5 Å². The number of halogens is 2. The standard InChI is InChI=1S/C18H23N3.2ClH/c1-15-4-2-7-18(12-15)21-10-8-20(9-11-21)14-16-5-3-6-17(19)13-16;;/h2-7,12-13H,8-11,14,19H2,1H3;2*1H. The fourth-order valence-corrected chi connectivity index (χ4v) is 2.94. The summed E-state index contributed by atoms with van der Waals surface area (Å²) in [6.07, 6.45) is 0. The predicted molar refractivity (Wildman–Crippen MR) is 104 cm³/mol. The van der Waals surface area contributed by atoms with Crippen molar-refractivity contribution in [3.63, 3.8) is 0 Å². The molecule has 0 unspecified atom stereocenters. The smallest absolute Gasteiger partial charge is 0.0369 e. The predicted octanol–water partition coefficient (Wildman–Crippen LogP) is 3.74. The van der Waals surface area contributed by atoms with Crippen molar-refractivity contribution < 1.29 is 0 Å². The molecule has 5 heteroatoms. The molecule has 0 saturated carbocycles. The first kappa shape index (κ1) is 19.6. The van der Waals surface area contributed by atoms with Crippen LogP contribution in [-0.2, 0) is 6.54 Å². The van der Waals surface area contributed by atoms with Crippen LogP contribution < -0.4 is 10.6 Å². The molecule has 0 spiro atoms. The van der Waals surface area contributed by atoms with Gasteiger partial charge in [0.2, 0.25) is 0 Å². The molecule has 23 heavy (non-hydrogen) atoms. The summed E-state index contributed by atoms with van der Waals surface area (Å²) in [6, 6.07) is 17.0. The maximum absolute atomic E-state index is 5.85.